The Morgan fingerprint density at radius 1 is 1.23 bits per heavy atom. The summed E-state index contributed by atoms with van der Waals surface area (Å²) in [5.41, 5.74) is 0.393. The van der Waals surface area contributed by atoms with Gasteiger partial charge in [0.2, 0.25) is 0 Å². The van der Waals surface area contributed by atoms with E-state index >= 15 is 0 Å². The lowest BCUT2D eigenvalue weighted by molar-refractivity contribution is -0.132. The second-order valence-corrected chi connectivity index (χ2v) is 10.5. The summed E-state index contributed by atoms with van der Waals surface area (Å²) in [7, 11) is 0. The van der Waals surface area contributed by atoms with E-state index in [-0.39, 0.29) is 23.9 Å². The zero-order chi connectivity index (χ0) is 22.8. The number of ether oxygens (including phenoxy) is 1. The van der Waals surface area contributed by atoms with Crippen LogP contribution in [0.2, 0.25) is 0 Å². The Morgan fingerprint density at radius 2 is 1.90 bits per heavy atom. The molecule has 1 heterocycles. The van der Waals surface area contributed by atoms with Gasteiger partial charge in [-0.2, -0.15) is 0 Å². The maximum atomic E-state index is 13.7. The predicted molar refractivity (Wildman–Crippen MR) is 129 cm³/mol. The van der Waals surface area contributed by atoms with Crippen molar-refractivity contribution in [2.24, 2.45) is 0 Å². The van der Waals surface area contributed by atoms with Gasteiger partial charge < -0.3 is 14.5 Å². The van der Waals surface area contributed by atoms with Crippen molar-refractivity contribution < 1.29 is 14.3 Å². The van der Waals surface area contributed by atoms with E-state index in [1.807, 2.05) is 35.8 Å². The smallest absolute Gasteiger partial charge is 0.270 e. The molecule has 0 N–H and O–H groups in total. The number of unbranched alkanes of at least 4 members (excludes halogenated alkanes) is 2. The van der Waals surface area contributed by atoms with Crippen LogP contribution in [0.25, 0.3) is 0 Å². The zero-order valence-corrected chi connectivity index (χ0v) is 21.3. The topological polar surface area (TPSA) is 49.9 Å². The van der Waals surface area contributed by atoms with Gasteiger partial charge in [0, 0.05) is 23.1 Å². The van der Waals surface area contributed by atoms with Gasteiger partial charge in [0.25, 0.3) is 11.8 Å². The van der Waals surface area contributed by atoms with Crippen molar-refractivity contribution in [2.45, 2.75) is 104 Å². The summed E-state index contributed by atoms with van der Waals surface area (Å²) >= 11 is 3.62. The quantitative estimate of drug-likeness (QED) is 0.418. The molecule has 5 nitrogen and oxygen atoms in total. The van der Waals surface area contributed by atoms with Crippen LogP contribution in [0, 0.1) is 0 Å². The van der Waals surface area contributed by atoms with Gasteiger partial charge in [-0.3, -0.25) is 9.59 Å². The fourth-order valence-corrected chi connectivity index (χ4v) is 5.31. The molecule has 1 saturated carbocycles. The van der Waals surface area contributed by atoms with E-state index in [4.69, 9.17) is 4.74 Å². The van der Waals surface area contributed by atoms with Crippen LogP contribution in [0.5, 0.6) is 5.75 Å². The normalized spacial score (nSPS) is 18.7. The molecule has 0 bridgehead atoms. The summed E-state index contributed by atoms with van der Waals surface area (Å²) in [6, 6.07) is 4.12. The molecule has 172 valence electrons. The SMILES string of the molecule is CCCCCN1C(=O)C(C)(C)Oc2cc(Br)c(C(=O)N(C(C)C)C3CCCCC3)cc21. The number of fused-ring (bicyclic) bond motifs is 1. The van der Waals surface area contributed by atoms with E-state index in [0.717, 1.165) is 36.6 Å². The van der Waals surface area contributed by atoms with Crippen LogP contribution in [0.15, 0.2) is 16.6 Å². The van der Waals surface area contributed by atoms with E-state index in [0.29, 0.717) is 23.5 Å². The van der Waals surface area contributed by atoms with E-state index in [1.54, 1.807) is 0 Å². The number of carbonyl (C=O) groups is 2. The number of benzene rings is 1. The minimum Gasteiger partial charge on any atom is -0.476 e. The van der Waals surface area contributed by atoms with E-state index in [1.165, 1.54) is 19.3 Å². The van der Waals surface area contributed by atoms with Crippen LogP contribution < -0.4 is 9.64 Å². The molecule has 2 aliphatic rings. The van der Waals surface area contributed by atoms with Crippen molar-refractivity contribution in [2.75, 3.05) is 11.4 Å². The Balaban J connectivity index is 1.99. The average molecular weight is 493 g/mol. The lowest BCUT2D eigenvalue weighted by Gasteiger charge is -2.40. The van der Waals surface area contributed by atoms with Gasteiger partial charge in [-0.1, -0.05) is 39.0 Å². The maximum absolute atomic E-state index is 13.7. The average Bonchev–Trinajstić information content (AvgIpc) is 2.71. The highest BCUT2D eigenvalue weighted by Crippen LogP contribution is 2.42. The molecular formula is C25H37BrN2O3. The molecule has 1 aliphatic heterocycles. The van der Waals surface area contributed by atoms with E-state index < -0.39 is 5.60 Å². The lowest BCUT2D eigenvalue weighted by Crippen LogP contribution is -2.53. The number of anilines is 1. The van der Waals surface area contributed by atoms with E-state index in [9.17, 15) is 9.59 Å². The van der Waals surface area contributed by atoms with Crippen molar-refractivity contribution in [3.8, 4) is 5.75 Å². The number of nitrogens with zero attached hydrogens (tertiary/aromatic N) is 2. The number of halogens is 1. The molecule has 1 fully saturated rings. The van der Waals surface area contributed by atoms with Gasteiger partial charge in [0.05, 0.1) is 11.3 Å². The maximum Gasteiger partial charge on any atom is 0.270 e. The van der Waals surface area contributed by atoms with Crippen LogP contribution in [-0.4, -0.2) is 40.9 Å². The largest absolute Gasteiger partial charge is 0.476 e. The molecule has 0 atom stereocenters. The molecule has 6 heteroatoms. The molecule has 31 heavy (non-hydrogen) atoms. The first-order valence-electron chi connectivity index (χ1n) is 11.8. The number of hydrogen-bond acceptors (Lipinski definition) is 3. The first-order chi connectivity index (χ1) is 14.7. The number of carbonyl (C=O) groups excluding carboxylic acids is 2. The van der Waals surface area contributed by atoms with Gasteiger partial charge in [-0.25, -0.2) is 0 Å². The highest BCUT2D eigenvalue weighted by molar-refractivity contribution is 9.10. The minimum absolute atomic E-state index is 0.0300. The third-order valence-electron chi connectivity index (χ3n) is 6.44. The fraction of sp³-hybridized carbons (Fsp3) is 0.680. The van der Waals surface area contributed by atoms with Gasteiger partial charge >= 0.3 is 0 Å². The standard InChI is InChI=1S/C25H37BrN2O3/c1-6-7-11-14-27-21-15-19(20(26)16-22(21)31-25(4,5)24(27)30)23(29)28(17(2)3)18-12-9-8-10-13-18/h15-18H,6-14H2,1-5H3. The monoisotopic (exact) mass is 492 g/mol. The summed E-state index contributed by atoms with van der Waals surface area (Å²) in [4.78, 5) is 30.7. The Labute approximate surface area is 195 Å². The van der Waals surface area contributed by atoms with Crippen molar-refractivity contribution >= 4 is 33.4 Å². The molecule has 1 aromatic carbocycles. The van der Waals surface area contributed by atoms with Gasteiger partial charge in [-0.05, 0) is 75.0 Å². The number of amides is 2. The molecule has 0 spiro atoms. The number of rotatable bonds is 7. The minimum atomic E-state index is -0.920. The molecule has 0 unspecified atom stereocenters. The van der Waals surface area contributed by atoms with Gasteiger partial charge in [0.1, 0.15) is 5.75 Å². The van der Waals surface area contributed by atoms with Crippen molar-refractivity contribution in [1.82, 2.24) is 4.90 Å². The van der Waals surface area contributed by atoms with Crippen molar-refractivity contribution in [1.29, 1.82) is 0 Å². The van der Waals surface area contributed by atoms with Crippen LogP contribution in [-0.2, 0) is 4.79 Å². The predicted octanol–water partition coefficient (Wildman–Crippen LogP) is 6.33. The molecule has 0 saturated heterocycles. The lowest BCUT2D eigenvalue weighted by atomic mass is 9.92. The molecule has 0 aromatic heterocycles. The van der Waals surface area contributed by atoms with E-state index in [2.05, 4.69) is 36.7 Å². The Bertz CT molecular complexity index is 815. The molecule has 2 amide bonds. The third-order valence-corrected chi connectivity index (χ3v) is 7.10. The van der Waals surface area contributed by atoms with Crippen molar-refractivity contribution in [3.63, 3.8) is 0 Å². The summed E-state index contributed by atoms with van der Waals surface area (Å²) in [6.45, 7) is 10.6. The summed E-state index contributed by atoms with van der Waals surface area (Å²) < 4.78 is 6.78. The molecule has 3 rings (SSSR count). The van der Waals surface area contributed by atoms with Crippen molar-refractivity contribution in [3.05, 3.63) is 22.2 Å². The van der Waals surface area contributed by atoms with Gasteiger partial charge in [0.15, 0.2) is 5.60 Å². The molecular weight excluding hydrogens is 456 g/mol. The Morgan fingerprint density at radius 3 is 2.52 bits per heavy atom. The Hall–Kier alpha value is -1.56. The summed E-state index contributed by atoms with van der Waals surface area (Å²) in [5.74, 6) is 0.630. The second-order valence-electron chi connectivity index (χ2n) is 9.67. The Kier molecular flexibility index (Phi) is 7.72. The summed E-state index contributed by atoms with van der Waals surface area (Å²) in [5, 5.41) is 0. The second kappa shape index (κ2) is 9.93. The van der Waals surface area contributed by atoms with Crippen LogP contribution in [0.4, 0.5) is 5.69 Å². The molecule has 1 aromatic rings. The first kappa shape index (κ1) is 24.1. The highest BCUT2D eigenvalue weighted by atomic mass is 79.9. The molecule has 0 radical (unpaired) electrons. The third kappa shape index (κ3) is 5.10. The summed E-state index contributed by atoms with van der Waals surface area (Å²) in [6.07, 6.45) is 8.80. The zero-order valence-electron chi connectivity index (χ0n) is 19.7. The van der Waals surface area contributed by atoms with Gasteiger partial charge in [-0.15, -0.1) is 0 Å². The van der Waals surface area contributed by atoms with Crippen LogP contribution in [0.1, 0.15) is 96.3 Å². The fourth-order valence-electron chi connectivity index (χ4n) is 4.82. The van der Waals surface area contributed by atoms with Crippen LogP contribution >= 0.6 is 15.9 Å². The molecule has 1 aliphatic carbocycles. The highest BCUT2D eigenvalue weighted by Gasteiger charge is 2.41. The van der Waals surface area contributed by atoms with Crippen LogP contribution in [0.3, 0.4) is 0 Å². The number of hydrogen-bond donors (Lipinski definition) is 0. The first-order valence-corrected chi connectivity index (χ1v) is 12.6.